The predicted molar refractivity (Wildman–Crippen MR) is 64.3 cm³/mol. The van der Waals surface area contributed by atoms with E-state index in [1.165, 1.54) is 0 Å². The van der Waals surface area contributed by atoms with E-state index in [-0.39, 0.29) is 0 Å². The van der Waals surface area contributed by atoms with Gasteiger partial charge < -0.3 is 9.47 Å². The Bertz CT molecular complexity index is 355. The average molecular weight is 269 g/mol. The number of unbranched alkanes of at least 4 members (excludes halogenated alkanes) is 1. The summed E-state index contributed by atoms with van der Waals surface area (Å²) in [6, 6.07) is 5.68. The molecular formula is C12H13BrO2. The van der Waals surface area contributed by atoms with Crippen LogP contribution in [-0.4, -0.2) is 13.7 Å². The molecule has 80 valence electrons. The van der Waals surface area contributed by atoms with Crippen molar-refractivity contribution in [2.24, 2.45) is 0 Å². The first-order valence-electron chi connectivity index (χ1n) is 4.68. The zero-order valence-corrected chi connectivity index (χ0v) is 10.2. The lowest BCUT2D eigenvalue weighted by atomic mass is 10.3. The number of halogens is 1. The molecule has 0 N–H and O–H groups in total. The molecule has 0 aromatic heterocycles. The summed E-state index contributed by atoms with van der Waals surface area (Å²) in [5.41, 5.74) is 0. The van der Waals surface area contributed by atoms with Crippen molar-refractivity contribution in [2.45, 2.75) is 12.8 Å². The third-order valence-corrected chi connectivity index (χ3v) is 2.49. The van der Waals surface area contributed by atoms with Crippen LogP contribution in [0.5, 0.6) is 11.5 Å². The summed E-state index contributed by atoms with van der Waals surface area (Å²) in [4.78, 5) is 0. The molecule has 2 nitrogen and oxygen atoms in total. The van der Waals surface area contributed by atoms with Gasteiger partial charge in [-0.1, -0.05) is 6.07 Å². The maximum absolute atomic E-state index is 5.59. The van der Waals surface area contributed by atoms with E-state index in [1.54, 1.807) is 7.11 Å². The van der Waals surface area contributed by atoms with E-state index < -0.39 is 0 Å². The lowest BCUT2D eigenvalue weighted by molar-refractivity contribution is 0.289. The fourth-order valence-electron chi connectivity index (χ4n) is 1.14. The Balaban J connectivity index is 2.63. The van der Waals surface area contributed by atoms with Crippen LogP contribution in [0.15, 0.2) is 22.7 Å². The normalized spacial score (nSPS) is 9.40. The minimum atomic E-state index is 0.600. The van der Waals surface area contributed by atoms with Crippen LogP contribution in [0.3, 0.4) is 0 Å². The topological polar surface area (TPSA) is 18.5 Å². The number of terminal acetylenes is 1. The van der Waals surface area contributed by atoms with Crippen molar-refractivity contribution < 1.29 is 9.47 Å². The number of hydrogen-bond acceptors (Lipinski definition) is 2. The van der Waals surface area contributed by atoms with E-state index in [2.05, 4.69) is 21.9 Å². The summed E-state index contributed by atoms with van der Waals surface area (Å²) >= 11 is 3.41. The second kappa shape index (κ2) is 6.36. The van der Waals surface area contributed by atoms with Crippen LogP contribution in [0.1, 0.15) is 12.8 Å². The molecule has 0 amide bonds. The first-order valence-corrected chi connectivity index (χ1v) is 5.47. The lowest BCUT2D eigenvalue weighted by Gasteiger charge is -2.11. The largest absolute Gasteiger partial charge is 0.493 e. The second-order valence-corrected chi connectivity index (χ2v) is 3.78. The number of para-hydroxylation sites is 1. The first kappa shape index (κ1) is 11.9. The van der Waals surface area contributed by atoms with Crippen molar-refractivity contribution in [1.82, 2.24) is 0 Å². The smallest absolute Gasteiger partial charge is 0.175 e. The van der Waals surface area contributed by atoms with E-state index in [0.29, 0.717) is 6.61 Å². The standard InChI is InChI=1S/C12H13BrO2/c1-3-4-5-9-15-12-10(13)7-6-8-11(12)14-2/h1,6-8H,4-5,9H2,2H3. The fraction of sp³-hybridized carbons (Fsp3) is 0.333. The summed E-state index contributed by atoms with van der Waals surface area (Å²) in [7, 11) is 1.62. The first-order chi connectivity index (χ1) is 7.29. The second-order valence-electron chi connectivity index (χ2n) is 2.93. The molecule has 3 heteroatoms. The van der Waals surface area contributed by atoms with E-state index >= 15 is 0 Å². The molecule has 1 aromatic carbocycles. The molecule has 0 radical (unpaired) electrons. The maximum atomic E-state index is 5.59. The Morgan fingerprint density at radius 3 is 2.93 bits per heavy atom. The Morgan fingerprint density at radius 2 is 2.27 bits per heavy atom. The molecule has 0 fully saturated rings. The Hall–Kier alpha value is -1.14. The van der Waals surface area contributed by atoms with E-state index in [9.17, 15) is 0 Å². The van der Waals surface area contributed by atoms with Gasteiger partial charge in [-0.05, 0) is 34.5 Å². The van der Waals surface area contributed by atoms with Crippen LogP contribution in [-0.2, 0) is 0 Å². The van der Waals surface area contributed by atoms with E-state index in [0.717, 1.165) is 28.8 Å². The van der Waals surface area contributed by atoms with Gasteiger partial charge in [-0.15, -0.1) is 12.3 Å². The van der Waals surface area contributed by atoms with Crippen LogP contribution in [0.4, 0.5) is 0 Å². The number of hydrogen-bond donors (Lipinski definition) is 0. The molecule has 0 aliphatic rings. The predicted octanol–water partition coefficient (Wildman–Crippen LogP) is 3.25. The highest BCUT2D eigenvalue weighted by Gasteiger charge is 2.07. The summed E-state index contributed by atoms with van der Waals surface area (Å²) < 4.78 is 11.7. The maximum Gasteiger partial charge on any atom is 0.175 e. The van der Waals surface area contributed by atoms with Gasteiger partial charge >= 0.3 is 0 Å². The highest BCUT2D eigenvalue weighted by atomic mass is 79.9. The van der Waals surface area contributed by atoms with Crippen molar-refractivity contribution in [1.29, 1.82) is 0 Å². The fourth-order valence-corrected chi connectivity index (χ4v) is 1.60. The van der Waals surface area contributed by atoms with Crippen LogP contribution in [0, 0.1) is 12.3 Å². The minimum absolute atomic E-state index is 0.600. The Kier molecular flexibility index (Phi) is 5.06. The molecule has 0 aliphatic heterocycles. The Morgan fingerprint density at radius 1 is 1.47 bits per heavy atom. The van der Waals surface area contributed by atoms with Crippen LogP contribution in [0.25, 0.3) is 0 Å². The molecular weight excluding hydrogens is 256 g/mol. The van der Waals surface area contributed by atoms with Crippen molar-refractivity contribution in [3.05, 3.63) is 22.7 Å². The highest BCUT2D eigenvalue weighted by molar-refractivity contribution is 9.10. The van der Waals surface area contributed by atoms with Gasteiger partial charge in [0.25, 0.3) is 0 Å². The molecule has 15 heavy (non-hydrogen) atoms. The molecule has 1 aromatic rings. The molecule has 1 rings (SSSR count). The summed E-state index contributed by atoms with van der Waals surface area (Å²) in [5.74, 6) is 4.03. The van der Waals surface area contributed by atoms with Gasteiger partial charge in [-0.25, -0.2) is 0 Å². The van der Waals surface area contributed by atoms with Crippen LogP contribution < -0.4 is 9.47 Å². The van der Waals surface area contributed by atoms with Gasteiger partial charge in [0.15, 0.2) is 11.5 Å². The highest BCUT2D eigenvalue weighted by Crippen LogP contribution is 2.34. The van der Waals surface area contributed by atoms with Crippen molar-refractivity contribution >= 4 is 15.9 Å². The number of ether oxygens (including phenoxy) is 2. The number of benzene rings is 1. The zero-order chi connectivity index (χ0) is 11.1. The van der Waals surface area contributed by atoms with Crippen molar-refractivity contribution in [3.63, 3.8) is 0 Å². The quantitative estimate of drug-likeness (QED) is 0.603. The molecule has 0 unspecified atom stereocenters. The number of methoxy groups -OCH3 is 1. The molecule has 0 saturated heterocycles. The molecule has 0 heterocycles. The summed E-state index contributed by atoms with van der Waals surface area (Å²) in [6.07, 6.45) is 6.73. The van der Waals surface area contributed by atoms with Gasteiger partial charge in [-0.2, -0.15) is 0 Å². The van der Waals surface area contributed by atoms with Gasteiger partial charge in [-0.3, -0.25) is 0 Å². The molecule has 0 spiro atoms. The van der Waals surface area contributed by atoms with Crippen LogP contribution in [0.2, 0.25) is 0 Å². The van der Waals surface area contributed by atoms with E-state index in [1.807, 2.05) is 18.2 Å². The van der Waals surface area contributed by atoms with Gasteiger partial charge in [0.2, 0.25) is 0 Å². The van der Waals surface area contributed by atoms with Gasteiger partial charge in [0, 0.05) is 6.42 Å². The summed E-state index contributed by atoms with van der Waals surface area (Å²) in [5, 5.41) is 0. The number of rotatable bonds is 5. The van der Waals surface area contributed by atoms with Crippen LogP contribution >= 0.6 is 15.9 Å². The molecule has 0 aliphatic carbocycles. The van der Waals surface area contributed by atoms with E-state index in [4.69, 9.17) is 15.9 Å². The third-order valence-electron chi connectivity index (χ3n) is 1.86. The summed E-state index contributed by atoms with van der Waals surface area (Å²) in [6.45, 7) is 0.600. The Labute approximate surface area is 98.7 Å². The average Bonchev–Trinajstić information content (AvgIpc) is 2.26. The van der Waals surface area contributed by atoms with Gasteiger partial charge in [0.05, 0.1) is 18.2 Å². The van der Waals surface area contributed by atoms with Crippen molar-refractivity contribution in [3.8, 4) is 23.8 Å². The SMILES string of the molecule is C#CCCCOc1c(Br)cccc1OC. The lowest BCUT2D eigenvalue weighted by Crippen LogP contribution is -1.99. The van der Waals surface area contributed by atoms with Crippen molar-refractivity contribution in [2.75, 3.05) is 13.7 Å². The molecule has 0 saturated carbocycles. The zero-order valence-electron chi connectivity index (χ0n) is 8.63. The molecule has 0 bridgehead atoms. The molecule has 0 atom stereocenters. The minimum Gasteiger partial charge on any atom is -0.493 e. The van der Waals surface area contributed by atoms with Gasteiger partial charge in [0.1, 0.15) is 0 Å². The monoisotopic (exact) mass is 268 g/mol. The third kappa shape index (κ3) is 3.49.